The van der Waals surface area contributed by atoms with Crippen LogP contribution in [0.25, 0.3) is 0 Å². The number of nitrogens with one attached hydrogen (secondary N) is 1. The van der Waals surface area contributed by atoms with Gasteiger partial charge in [-0.3, -0.25) is 4.79 Å². The second kappa shape index (κ2) is 7.09. The molecule has 0 saturated heterocycles. The van der Waals surface area contributed by atoms with Crippen molar-refractivity contribution < 1.29 is 14.6 Å². The number of pyridine rings is 1. The normalized spacial score (nSPS) is 12.6. The zero-order chi connectivity index (χ0) is 14.4. The predicted molar refractivity (Wildman–Crippen MR) is 73.2 cm³/mol. The summed E-state index contributed by atoms with van der Waals surface area (Å²) in [6.07, 6.45) is 0.945. The van der Waals surface area contributed by atoms with E-state index in [-0.39, 0.29) is 30.2 Å². The van der Waals surface area contributed by atoms with Gasteiger partial charge in [-0.15, -0.1) is 0 Å². The number of amides is 1. The first-order valence-electron chi connectivity index (χ1n) is 6.49. The molecule has 0 aliphatic heterocycles. The molecule has 5 nitrogen and oxygen atoms in total. The molecule has 5 heteroatoms. The first-order chi connectivity index (χ1) is 8.91. The lowest BCUT2D eigenvalue weighted by Gasteiger charge is -2.16. The fraction of sp³-hybridized carbons (Fsp3) is 0.571. The number of hydrogen-bond donors (Lipinski definition) is 2. The summed E-state index contributed by atoms with van der Waals surface area (Å²) in [5.74, 6) is 0.209. The van der Waals surface area contributed by atoms with Crippen LogP contribution in [0.2, 0.25) is 0 Å². The quantitative estimate of drug-likeness (QED) is 0.820. The van der Waals surface area contributed by atoms with Gasteiger partial charge < -0.3 is 15.2 Å². The van der Waals surface area contributed by atoms with Crippen molar-refractivity contribution in [1.82, 2.24) is 10.3 Å². The van der Waals surface area contributed by atoms with Crippen LogP contribution in [-0.2, 0) is 0 Å². The van der Waals surface area contributed by atoms with Crippen LogP contribution in [0.15, 0.2) is 18.3 Å². The van der Waals surface area contributed by atoms with Crippen LogP contribution in [0, 0.1) is 5.92 Å². The van der Waals surface area contributed by atoms with Crippen LogP contribution in [0.4, 0.5) is 0 Å². The third kappa shape index (κ3) is 4.87. The van der Waals surface area contributed by atoms with Crippen molar-refractivity contribution in [1.29, 1.82) is 0 Å². The average molecular weight is 266 g/mol. The molecule has 0 spiro atoms. The van der Waals surface area contributed by atoms with Gasteiger partial charge in [0.15, 0.2) is 11.4 Å². The molecule has 1 amide bonds. The Hall–Kier alpha value is -1.62. The number of aliphatic hydroxyl groups is 1. The number of carbonyl (C=O) groups excluding carboxylic acids is 1. The van der Waals surface area contributed by atoms with Gasteiger partial charge in [-0.2, -0.15) is 0 Å². The molecule has 0 fully saturated rings. The van der Waals surface area contributed by atoms with E-state index in [0.717, 1.165) is 0 Å². The minimum Gasteiger partial charge on any atom is -0.489 e. The van der Waals surface area contributed by atoms with Crippen molar-refractivity contribution in [2.75, 3.05) is 6.54 Å². The molecule has 0 aromatic carbocycles. The highest BCUT2D eigenvalue weighted by atomic mass is 16.5. The van der Waals surface area contributed by atoms with E-state index in [2.05, 4.69) is 10.3 Å². The molecule has 0 aliphatic carbocycles. The van der Waals surface area contributed by atoms with Gasteiger partial charge in [0.05, 0.1) is 12.2 Å². The summed E-state index contributed by atoms with van der Waals surface area (Å²) in [5, 5.41) is 12.3. The lowest BCUT2D eigenvalue weighted by Crippen LogP contribution is -2.35. The van der Waals surface area contributed by atoms with Gasteiger partial charge in [0.2, 0.25) is 0 Å². The number of ether oxygens (including phenoxy) is 1. The highest BCUT2D eigenvalue weighted by Crippen LogP contribution is 2.16. The molecule has 106 valence electrons. The summed E-state index contributed by atoms with van der Waals surface area (Å²) in [4.78, 5) is 16.0. The maximum Gasteiger partial charge on any atom is 0.273 e. The van der Waals surface area contributed by atoms with E-state index in [1.165, 1.54) is 0 Å². The second-order valence-electron chi connectivity index (χ2n) is 5.04. The maximum atomic E-state index is 12.0. The van der Waals surface area contributed by atoms with Crippen molar-refractivity contribution >= 4 is 5.91 Å². The Kier molecular flexibility index (Phi) is 5.76. The smallest absolute Gasteiger partial charge is 0.273 e. The molecular weight excluding hydrogens is 244 g/mol. The molecular formula is C14H22N2O3. The Balaban J connectivity index is 2.71. The molecule has 1 aromatic heterocycles. The maximum absolute atomic E-state index is 12.0. The monoisotopic (exact) mass is 266 g/mol. The van der Waals surface area contributed by atoms with Crippen molar-refractivity contribution in [2.24, 2.45) is 5.92 Å². The van der Waals surface area contributed by atoms with E-state index in [9.17, 15) is 9.90 Å². The summed E-state index contributed by atoms with van der Waals surface area (Å²) in [6, 6.07) is 3.43. The van der Waals surface area contributed by atoms with Gasteiger partial charge in [0, 0.05) is 12.7 Å². The molecule has 2 N–H and O–H groups in total. The third-order valence-electron chi connectivity index (χ3n) is 2.59. The van der Waals surface area contributed by atoms with E-state index in [1.54, 1.807) is 18.3 Å². The van der Waals surface area contributed by atoms with Crippen molar-refractivity contribution in [3.05, 3.63) is 24.0 Å². The summed E-state index contributed by atoms with van der Waals surface area (Å²) < 4.78 is 5.53. The Labute approximate surface area is 114 Å². The first-order valence-corrected chi connectivity index (χ1v) is 6.49. The van der Waals surface area contributed by atoms with Gasteiger partial charge in [0.25, 0.3) is 5.91 Å². The number of carbonyl (C=O) groups is 1. The highest BCUT2D eigenvalue weighted by molar-refractivity contribution is 5.94. The van der Waals surface area contributed by atoms with E-state index in [0.29, 0.717) is 5.75 Å². The summed E-state index contributed by atoms with van der Waals surface area (Å²) >= 11 is 0. The minimum atomic E-state index is -0.567. The van der Waals surface area contributed by atoms with Crippen LogP contribution in [0.3, 0.4) is 0 Å². The molecule has 1 atom stereocenters. The molecule has 1 aromatic rings. The van der Waals surface area contributed by atoms with E-state index < -0.39 is 6.10 Å². The predicted octanol–water partition coefficient (Wildman–Crippen LogP) is 1.62. The Morgan fingerprint density at radius 2 is 2.11 bits per heavy atom. The molecule has 0 bridgehead atoms. The zero-order valence-corrected chi connectivity index (χ0v) is 11.9. The molecule has 1 rings (SSSR count). The fourth-order valence-corrected chi connectivity index (χ4v) is 1.43. The van der Waals surface area contributed by atoms with Crippen molar-refractivity contribution in [3.63, 3.8) is 0 Å². The minimum absolute atomic E-state index is 0.0306. The number of rotatable bonds is 6. The van der Waals surface area contributed by atoms with Crippen LogP contribution < -0.4 is 10.1 Å². The molecule has 0 saturated carbocycles. The Morgan fingerprint density at radius 3 is 2.68 bits per heavy atom. The van der Waals surface area contributed by atoms with Crippen LogP contribution in [-0.4, -0.2) is 34.8 Å². The molecule has 1 heterocycles. The number of aromatic nitrogens is 1. The first kappa shape index (κ1) is 15.4. The lowest BCUT2D eigenvalue weighted by molar-refractivity contribution is 0.0861. The number of nitrogens with zero attached hydrogens (tertiary/aromatic N) is 1. The van der Waals surface area contributed by atoms with E-state index >= 15 is 0 Å². The van der Waals surface area contributed by atoms with Gasteiger partial charge in [0.1, 0.15) is 0 Å². The average Bonchev–Trinajstić information content (AvgIpc) is 2.35. The van der Waals surface area contributed by atoms with Crippen molar-refractivity contribution in [3.8, 4) is 5.75 Å². The highest BCUT2D eigenvalue weighted by Gasteiger charge is 2.17. The number of hydrogen-bond acceptors (Lipinski definition) is 4. The zero-order valence-electron chi connectivity index (χ0n) is 11.9. The van der Waals surface area contributed by atoms with E-state index in [4.69, 9.17) is 4.74 Å². The largest absolute Gasteiger partial charge is 0.489 e. The second-order valence-corrected chi connectivity index (χ2v) is 5.04. The Morgan fingerprint density at radius 1 is 1.42 bits per heavy atom. The van der Waals surface area contributed by atoms with Crippen LogP contribution >= 0.6 is 0 Å². The molecule has 19 heavy (non-hydrogen) atoms. The van der Waals surface area contributed by atoms with E-state index in [1.807, 2.05) is 27.7 Å². The third-order valence-corrected chi connectivity index (χ3v) is 2.59. The van der Waals surface area contributed by atoms with Gasteiger partial charge in [-0.25, -0.2) is 4.98 Å². The summed E-state index contributed by atoms with van der Waals surface area (Å²) in [7, 11) is 0. The van der Waals surface area contributed by atoms with Gasteiger partial charge in [-0.05, 0) is 31.9 Å². The topological polar surface area (TPSA) is 71.5 Å². The molecule has 0 radical (unpaired) electrons. The lowest BCUT2D eigenvalue weighted by atomic mass is 10.1. The fourth-order valence-electron chi connectivity index (χ4n) is 1.43. The Bertz CT molecular complexity index is 419. The van der Waals surface area contributed by atoms with Crippen LogP contribution in [0.5, 0.6) is 5.75 Å². The standard InChI is InChI=1S/C14H22N2O3/c1-9(2)11(17)8-16-14(18)13-12(19-10(3)4)6-5-7-15-13/h5-7,9-11,17H,8H2,1-4H3,(H,16,18). The van der Waals surface area contributed by atoms with Crippen molar-refractivity contribution in [2.45, 2.75) is 39.9 Å². The van der Waals surface area contributed by atoms with Gasteiger partial charge >= 0.3 is 0 Å². The summed E-state index contributed by atoms with van der Waals surface area (Å²) in [5.41, 5.74) is 0.243. The SMILES string of the molecule is CC(C)Oc1cccnc1C(=O)NCC(O)C(C)C. The van der Waals surface area contributed by atoms with Crippen LogP contribution in [0.1, 0.15) is 38.2 Å². The van der Waals surface area contributed by atoms with Gasteiger partial charge in [-0.1, -0.05) is 13.8 Å². The summed E-state index contributed by atoms with van der Waals surface area (Å²) in [6.45, 7) is 7.76. The molecule has 1 unspecified atom stereocenters. The number of aliphatic hydroxyl groups excluding tert-OH is 1. The molecule has 0 aliphatic rings.